The molecule has 1 fully saturated rings. The summed E-state index contributed by atoms with van der Waals surface area (Å²) >= 11 is 1.26. The number of thioether (sulfide) groups is 1. The lowest BCUT2D eigenvalue weighted by Crippen LogP contribution is -2.47. The van der Waals surface area contributed by atoms with Crippen LogP contribution in [-0.2, 0) is 21.2 Å². The van der Waals surface area contributed by atoms with E-state index < -0.39 is 15.4 Å². The summed E-state index contributed by atoms with van der Waals surface area (Å²) in [6.45, 7) is 5.98. The fourth-order valence-electron chi connectivity index (χ4n) is 2.23. The number of allylic oxidation sites excluding steroid dienone is 1. The van der Waals surface area contributed by atoms with E-state index in [0.29, 0.717) is 18.1 Å². The first kappa shape index (κ1) is 16.0. The molecule has 1 aromatic heterocycles. The van der Waals surface area contributed by atoms with Crippen LogP contribution in [0.25, 0.3) is 0 Å². The van der Waals surface area contributed by atoms with Crippen LogP contribution >= 0.6 is 11.8 Å². The first-order valence-corrected chi connectivity index (χ1v) is 9.27. The maximum atomic E-state index is 12.0. The molecule has 2 rings (SSSR count). The van der Waals surface area contributed by atoms with Crippen molar-refractivity contribution < 1.29 is 13.2 Å². The van der Waals surface area contributed by atoms with E-state index in [-0.39, 0.29) is 23.2 Å². The van der Waals surface area contributed by atoms with Crippen LogP contribution in [0.2, 0.25) is 0 Å². The first-order chi connectivity index (χ1) is 9.84. The number of carbonyl (C=O) groups excluding carboxylic acids is 1. The van der Waals surface area contributed by atoms with E-state index in [0.717, 1.165) is 0 Å². The Kier molecular flexibility index (Phi) is 4.72. The van der Waals surface area contributed by atoms with Crippen LogP contribution in [0, 0.1) is 0 Å². The van der Waals surface area contributed by atoms with Crippen LogP contribution < -0.4 is 5.32 Å². The third-order valence-corrected chi connectivity index (χ3v) is 6.07. The van der Waals surface area contributed by atoms with Gasteiger partial charge in [-0.1, -0.05) is 17.8 Å². The number of sulfone groups is 1. The van der Waals surface area contributed by atoms with Gasteiger partial charge in [-0.25, -0.2) is 8.42 Å². The maximum absolute atomic E-state index is 12.0. The van der Waals surface area contributed by atoms with E-state index in [1.165, 1.54) is 11.8 Å². The summed E-state index contributed by atoms with van der Waals surface area (Å²) in [5.41, 5.74) is -0.661. The second-order valence-electron chi connectivity index (χ2n) is 5.29. The Labute approximate surface area is 128 Å². The molecular weight excluding hydrogens is 312 g/mol. The lowest BCUT2D eigenvalue weighted by atomic mass is 10.0. The summed E-state index contributed by atoms with van der Waals surface area (Å²) in [7, 11) is -3.03. The highest BCUT2D eigenvalue weighted by atomic mass is 32.2. The largest absolute Gasteiger partial charge is 0.349 e. The second kappa shape index (κ2) is 6.18. The van der Waals surface area contributed by atoms with Crippen molar-refractivity contribution in [3.05, 3.63) is 19.0 Å². The summed E-state index contributed by atoms with van der Waals surface area (Å²) in [6, 6.07) is 0. The topological polar surface area (TPSA) is 93.9 Å². The van der Waals surface area contributed by atoms with Crippen molar-refractivity contribution in [2.24, 2.45) is 0 Å². The minimum atomic E-state index is -3.03. The van der Waals surface area contributed by atoms with Gasteiger partial charge >= 0.3 is 0 Å². The number of hydrogen-bond acceptors (Lipinski definition) is 6. The Hall–Kier alpha value is -1.35. The molecule has 0 bridgehead atoms. The molecule has 0 unspecified atom stereocenters. The van der Waals surface area contributed by atoms with Crippen molar-refractivity contribution in [2.75, 3.05) is 17.3 Å². The van der Waals surface area contributed by atoms with E-state index in [4.69, 9.17) is 0 Å². The number of carbonyl (C=O) groups is 1. The van der Waals surface area contributed by atoms with Crippen molar-refractivity contribution in [1.82, 2.24) is 20.1 Å². The molecule has 9 heteroatoms. The van der Waals surface area contributed by atoms with Crippen LogP contribution in [-0.4, -0.2) is 51.9 Å². The molecule has 1 amide bonds. The number of hydrogen-bond donors (Lipinski definition) is 1. The van der Waals surface area contributed by atoms with E-state index in [9.17, 15) is 13.2 Å². The summed E-state index contributed by atoms with van der Waals surface area (Å²) in [4.78, 5) is 12.0. The van der Waals surface area contributed by atoms with E-state index in [1.54, 1.807) is 23.9 Å². The van der Waals surface area contributed by atoms with Crippen molar-refractivity contribution >= 4 is 27.5 Å². The summed E-state index contributed by atoms with van der Waals surface area (Å²) in [6.07, 6.45) is 3.75. The minimum Gasteiger partial charge on any atom is -0.349 e. The third kappa shape index (κ3) is 4.31. The Morgan fingerprint density at radius 3 is 3.05 bits per heavy atom. The van der Waals surface area contributed by atoms with Crippen LogP contribution in [0.3, 0.4) is 0 Å². The predicted octanol–water partition coefficient (Wildman–Crippen LogP) is 0.250. The molecule has 1 N–H and O–H groups in total. The van der Waals surface area contributed by atoms with Gasteiger partial charge in [-0.05, 0) is 13.3 Å². The van der Waals surface area contributed by atoms with Gasteiger partial charge in [0.1, 0.15) is 6.33 Å². The second-order valence-corrected chi connectivity index (χ2v) is 8.42. The molecule has 1 aliphatic rings. The Bertz CT molecular complexity index is 641. The number of nitrogens with one attached hydrogen (secondary N) is 1. The normalized spacial score (nSPS) is 23.9. The van der Waals surface area contributed by atoms with Gasteiger partial charge in [0.05, 0.1) is 22.8 Å². The molecule has 0 saturated carbocycles. The summed E-state index contributed by atoms with van der Waals surface area (Å²) in [5.74, 6) is 0.104. The average molecular weight is 330 g/mol. The van der Waals surface area contributed by atoms with Gasteiger partial charge in [-0.15, -0.1) is 16.8 Å². The molecule has 1 aliphatic heterocycles. The van der Waals surface area contributed by atoms with Gasteiger partial charge in [0, 0.05) is 6.54 Å². The van der Waals surface area contributed by atoms with Gasteiger partial charge < -0.3 is 9.88 Å². The molecule has 1 saturated heterocycles. The minimum absolute atomic E-state index is 0.00303. The average Bonchev–Trinajstić information content (AvgIpc) is 2.92. The number of nitrogens with zero attached hydrogens (tertiary/aromatic N) is 3. The zero-order valence-corrected chi connectivity index (χ0v) is 13.4. The van der Waals surface area contributed by atoms with Crippen LogP contribution in [0.15, 0.2) is 24.1 Å². The van der Waals surface area contributed by atoms with E-state index in [1.807, 2.05) is 0 Å². The molecule has 1 aromatic rings. The molecule has 0 aromatic carbocycles. The number of aromatic nitrogens is 3. The molecule has 2 heterocycles. The molecule has 21 heavy (non-hydrogen) atoms. The zero-order valence-electron chi connectivity index (χ0n) is 11.8. The van der Waals surface area contributed by atoms with Crippen molar-refractivity contribution in [2.45, 2.75) is 30.6 Å². The Balaban J connectivity index is 1.88. The fraction of sp³-hybridized carbons (Fsp3) is 0.583. The summed E-state index contributed by atoms with van der Waals surface area (Å²) < 4.78 is 24.8. The van der Waals surface area contributed by atoms with Gasteiger partial charge in [0.25, 0.3) is 0 Å². The zero-order chi connectivity index (χ0) is 15.5. The lowest BCUT2D eigenvalue weighted by molar-refractivity contribution is -0.120. The first-order valence-electron chi connectivity index (χ1n) is 6.46. The molecule has 1 atom stereocenters. The molecule has 0 spiro atoms. The number of amides is 1. The molecule has 0 aliphatic carbocycles. The highest BCUT2D eigenvalue weighted by molar-refractivity contribution is 7.99. The van der Waals surface area contributed by atoms with Crippen LogP contribution in [0.1, 0.15) is 13.3 Å². The monoisotopic (exact) mass is 330 g/mol. The highest BCUT2D eigenvalue weighted by Gasteiger charge is 2.39. The van der Waals surface area contributed by atoms with Gasteiger partial charge in [0.15, 0.2) is 15.0 Å². The molecule has 7 nitrogen and oxygen atoms in total. The smallest absolute Gasteiger partial charge is 0.230 e. The van der Waals surface area contributed by atoms with Gasteiger partial charge in [-0.2, -0.15) is 0 Å². The number of rotatable bonds is 6. The lowest BCUT2D eigenvalue weighted by Gasteiger charge is -2.23. The Morgan fingerprint density at radius 1 is 1.67 bits per heavy atom. The van der Waals surface area contributed by atoms with E-state index in [2.05, 4.69) is 22.1 Å². The molecule has 0 radical (unpaired) electrons. The van der Waals surface area contributed by atoms with Crippen molar-refractivity contribution in [1.29, 1.82) is 0 Å². The van der Waals surface area contributed by atoms with Crippen molar-refractivity contribution in [3.8, 4) is 0 Å². The predicted molar refractivity (Wildman–Crippen MR) is 80.8 cm³/mol. The van der Waals surface area contributed by atoms with Crippen molar-refractivity contribution in [3.63, 3.8) is 0 Å². The van der Waals surface area contributed by atoms with Gasteiger partial charge in [0.2, 0.25) is 5.91 Å². The maximum Gasteiger partial charge on any atom is 0.230 e. The highest BCUT2D eigenvalue weighted by Crippen LogP contribution is 2.23. The van der Waals surface area contributed by atoms with Crippen LogP contribution in [0.4, 0.5) is 0 Å². The van der Waals surface area contributed by atoms with Gasteiger partial charge in [-0.3, -0.25) is 4.79 Å². The quantitative estimate of drug-likeness (QED) is 0.593. The summed E-state index contributed by atoms with van der Waals surface area (Å²) in [5, 5.41) is 11.2. The fourth-order valence-corrected chi connectivity index (χ4v) is 5.05. The van der Waals surface area contributed by atoms with E-state index >= 15 is 0 Å². The molecule has 116 valence electrons. The molecular formula is C12H18N4O3S2. The van der Waals surface area contributed by atoms with Crippen LogP contribution in [0.5, 0.6) is 0 Å². The Morgan fingerprint density at radius 2 is 2.43 bits per heavy atom. The standard InChI is InChI=1S/C12H18N4O3S2/c1-3-5-16-9-13-15-11(16)20-7-10(17)14-12(2)4-6-21(18,19)8-12/h3,9H,1,4-8H2,2H3,(H,14,17)/t12-/m0/s1. The third-order valence-electron chi connectivity index (χ3n) is 3.18. The SMILES string of the molecule is C=CCn1cnnc1SCC(=O)N[C@@]1(C)CCS(=O)(=O)C1.